The average Bonchev–Trinajstić information content (AvgIpc) is 2.90. The first-order chi connectivity index (χ1) is 12.6. The van der Waals surface area contributed by atoms with E-state index in [0.717, 1.165) is 29.5 Å². The molecule has 0 aliphatic heterocycles. The third-order valence-electron chi connectivity index (χ3n) is 5.21. The van der Waals surface area contributed by atoms with E-state index < -0.39 is 10.4 Å². The molecule has 0 amide bonds. The molecule has 0 bridgehead atoms. The number of nitrogens with zero attached hydrogens (tertiary/aromatic N) is 1. The van der Waals surface area contributed by atoms with E-state index in [1.54, 1.807) is 13.1 Å². The molecular weight excluding hydrogens is 430 g/mol. The Hall–Kier alpha value is -1.04. The molecule has 146 valence electrons. The van der Waals surface area contributed by atoms with E-state index in [1.165, 1.54) is 6.07 Å². The lowest BCUT2D eigenvalue weighted by molar-refractivity contribution is -0.0300. The third kappa shape index (κ3) is 3.92. The molecule has 0 heterocycles. The zero-order chi connectivity index (χ0) is 20.0. The summed E-state index contributed by atoms with van der Waals surface area (Å²) in [6, 6.07) is 7.01. The van der Waals surface area contributed by atoms with Crippen LogP contribution in [0.1, 0.15) is 43.4 Å². The largest absolute Gasteiger partial charge is 0.385 e. The summed E-state index contributed by atoms with van der Waals surface area (Å²) < 4.78 is 13.5. The van der Waals surface area contributed by atoms with Crippen molar-refractivity contribution in [2.45, 2.75) is 45.1 Å². The van der Waals surface area contributed by atoms with Crippen LogP contribution in [0.2, 0.25) is 0 Å². The van der Waals surface area contributed by atoms with Crippen LogP contribution in [0.5, 0.6) is 0 Å². The minimum atomic E-state index is -0.890. The van der Waals surface area contributed by atoms with Crippen molar-refractivity contribution in [2.75, 3.05) is 12.5 Å². The van der Waals surface area contributed by atoms with Gasteiger partial charge in [0.05, 0.1) is 15.8 Å². The third-order valence-corrected chi connectivity index (χ3v) is 7.04. The molecule has 1 aliphatic rings. The second-order valence-electron chi connectivity index (χ2n) is 7.56. The topological polar surface area (TPSA) is 52.5 Å². The van der Waals surface area contributed by atoms with E-state index in [1.807, 2.05) is 13.0 Å². The number of quaternary nitrogens is 1. The fourth-order valence-electron chi connectivity index (χ4n) is 3.74. The molecule has 2 aromatic rings. The molecule has 7 heteroatoms. The average molecular weight is 456 g/mol. The zero-order valence-corrected chi connectivity index (χ0v) is 18.6. The minimum Gasteiger partial charge on any atom is -0.385 e. The fraction of sp³-hybridized carbons (Fsp3) is 0.400. The van der Waals surface area contributed by atoms with Crippen molar-refractivity contribution in [3.8, 4) is 0 Å². The molecule has 4 nitrogen and oxygen atoms in total. The molecule has 3 rings (SSSR count). The summed E-state index contributed by atoms with van der Waals surface area (Å²) in [4.78, 5) is 0. The maximum atomic E-state index is 13.7. The number of aliphatic hydroxyl groups is 1. The smallest absolute Gasteiger partial charge is 0.194 e. The van der Waals surface area contributed by atoms with E-state index in [0.29, 0.717) is 34.0 Å². The van der Waals surface area contributed by atoms with E-state index in [4.69, 9.17) is 0 Å². The Morgan fingerprint density at radius 3 is 2.74 bits per heavy atom. The van der Waals surface area contributed by atoms with Crippen molar-refractivity contribution >= 4 is 41.8 Å². The monoisotopic (exact) mass is 455 g/mol. The minimum absolute atomic E-state index is 0.338. The molecule has 2 aromatic carbocycles. The van der Waals surface area contributed by atoms with E-state index in [-0.39, 0.29) is 5.82 Å². The van der Waals surface area contributed by atoms with Crippen molar-refractivity contribution in [1.82, 2.24) is 4.76 Å². The molecule has 0 fully saturated rings. The van der Waals surface area contributed by atoms with Crippen LogP contribution in [-0.4, -0.2) is 17.4 Å². The lowest BCUT2D eigenvalue weighted by Gasteiger charge is -2.29. The molecule has 3 unspecified atom stereocenters. The highest BCUT2D eigenvalue weighted by atomic mass is 79.9. The zero-order valence-electron chi connectivity index (χ0n) is 15.8. The first kappa shape index (κ1) is 20.7. The maximum absolute atomic E-state index is 13.7. The molecular formula is C20H26BrFN2O2P+. The van der Waals surface area contributed by atoms with Gasteiger partial charge in [0.1, 0.15) is 12.9 Å². The number of fused-ring (bicyclic) bond motifs is 1. The van der Waals surface area contributed by atoms with Crippen molar-refractivity contribution in [3.63, 3.8) is 0 Å². The van der Waals surface area contributed by atoms with Gasteiger partial charge in [0.15, 0.2) is 5.69 Å². The molecule has 3 atom stereocenters. The van der Waals surface area contributed by atoms with Gasteiger partial charge >= 0.3 is 0 Å². The molecule has 1 aliphatic carbocycles. The highest BCUT2D eigenvalue weighted by Gasteiger charge is 2.39. The number of aryl methyl sites for hydroxylation is 1. The first-order valence-electron chi connectivity index (χ1n) is 9.07. The van der Waals surface area contributed by atoms with Gasteiger partial charge in [0.25, 0.3) is 0 Å². The Morgan fingerprint density at radius 1 is 1.37 bits per heavy atom. The van der Waals surface area contributed by atoms with Crippen LogP contribution >= 0.6 is 25.2 Å². The van der Waals surface area contributed by atoms with E-state index in [9.17, 15) is 14.7 Å². The summed E-state index contributed by atoms with van der Waals surface area (Å²) in [6.45, 7) is 3.93. The van der Waals surface area contributed by atoms with Crippen molar-refractivity contribution < 1.29 is 14.7 Å². The van der Waals surface area contributed by atoms with Crippen LogP contribution in [0.15, 0.2) is 28.7 Å². The summed E-state index contributed by atoms with van der Waals surface area (Å²) >= 11 is 3.23. The molecule has 3 N–H and O–H groups in total. The van der Waals surface area contributed by atoms with Gasteiger partial charge in [-0.25, -0.2) is 4.39 Å². The maximum Gasteiger partial charge on any atom is 0.194 e. The first-order valence-corrected chi connectivity index (χ1v) is 10.4. The number of hydroxylamine groups is 1. The molecule has 0 saturated heterocycles. The molecule has 0 aromatic heterocycles. The van der Waals surface area contributed by atoms with Gasteiger partial charge in [0, 0.05) is 16.9 Å². The quantitative estimate of drug-likeness (QED) is 0.352. The molecule has 0 spiro atoms. The summed E-state index contributed by atoms with van der Waals surface area (Å²) in [5, 5.41) is 22.6. The molecule has 27 heavy (non-hydrogen) atoms. The molecule has 0 radical (unpaired) electrons. The Morgan fingerprint density at radius 2 is 2.07 bits per heavy atom. The van der Waals surface area contributed by atoms with Crippen LogP contribution in [-0.2, 0) is 18.4 Å². The number of anilines is 1. The lowest BCUT2D eigenvalue weighted by atomic mass is 9.94. The standard InChI is InChI=1S/C20H26BrFN2O2P/c1-4-5-12-10-14-13(8-9-20(14,2)25)17(11-12)24(3,26)23-16-7-6-15(22)18(21)19(16)27/h6-7,10-11,23,25-26H,4-5,8-9,27H2,1-3H3/q+1. The van der Waals surface area contributed by atoms with Gasteiger partial charge in [-0.2, -0.15) is 10.6 Å². The number of hydrogen-bond acceptors (Lipinski definition) is 3. The Kier molecular flexibility index (Phi) is 5.68. The highest BCUT2D eigenvalue weighted by molar-refractivity contribution is 9.10. The summed E-state index contributed by atoms with van der Waals surface area (Å²) in [7, 11) is 4.13. The van der Waals surface area contributed by atoms with Gasteiger partial charge in [-0.1, -0.05) is 24.2 Å². The fourth-order valence-corrected chi connectivity index (χ4v) is 4.39. The Balaban J connectivity index is 2.08. The van der Waals surface area contributed by atoms with E-state index in [2.05, 4.69) is 43.6 Å². The number of rotatable bonds is 5. The van der Waals surface area contributed by atoms with Crippen LogP contribution in [0.25, 0.3) is 0 Å². The van der Waals surface area contributed by atoms with Gasteiger partial charge < -0.3 is 5.11 Å². The number of hydrogen-bond donors (Lipinski definition) is 3. The van der Waals surface area contributed by atoms with Crippen LogP contribution in [0.3, 0.4) is 0 Å². The van der Waals surface area contributed by atoms with Gasteiger partial charge in [-0.3, -0.25) is 0 Å². The predicted molar refractivity (Wildman–Crippen MR) is 115 cm³/mol. The number of halogens is 2. The van der Waals surface area contributed by atoms with Crippen molar-refractivity contribution in [1.29, 1.82) is 0 Å². The second kappa shape index (κ2) is 7.41. The highest BCUT2D eigenvalue weighted by Crippen LogP contribution is 2.43. The second-order valence-corrected chi connectivity index (χ2v) is 8.93. The van der Waals surface area contributed by atoms with Gasteiger partial charge in [-0.05, 0) is 65.4 Å². The van der Waals surface area contributed by atoms with Crippen molar-refractivity contribution in [3.05, 3.63) is 51.2 Å². The van der Waals surface area contributed by atoms with Crippen LogP contribution in [0.4, 0.5) is 15.8 Å². The van der Waals surface area contributed by atoms with Crippen molar-refractivity contribution in [2.24, 2.45) is 0 Å². The predicted octanol–water partition coefficient (Wildman–Crippen LogP) is 4.55. The Labute approximate surface area is 170 Å². The summed E-state index contributed by atoms with van der Waals surface area (Å²) in [6.07, 6.45) is 3.17. The lowest BCUT2D eigenvalue weighted by Crippen LogP contribution is -2.48. The summed E-state index contributed by atoms with van der Waals surface area (Å²) in [5.74, 6) is -0.362. The molecule has 0 saturated carbocycles. The summed E-state index contributed by atoms with van der Waals surface area (Å²) in [5.41, 5.74) is 6.43. The SMILES string of the molecule is CCCc1cc2c(c([N+](C)(O)Nc3ccc(F)c(Br)c3P)c1)CCC2(C)O. The van der Waals surface area contributed by atoms with Crippen LogP contribution in [0, 0.1) is 5.82 Å². The normalized spacial score (nSPS) is 21.0. The van der Waals surface area contributed by atoms with Gasteiger partial charge in [-0.15, -0.1) is 9.24 Å². The number of benzene rings is 2. The van der Waals surface area contributed by atoms with Gasteiger partial charge in [0.2, 0.25) is 0 Å². The van der Waals surface area contributed by atoms with Crippen LogP contribution < -0.4 is 15.5 Å². The van der Waals surface area contributed by atoms with E-state index >= 15 is 0 Å². The Bertz CT molecular complexity index is 887. The number of nitrogens with one attached hydrogen (secondary N) is 1.